The normalized spacial score (nSPS) is 13.0. The van der Waals surface area contributed by atoms with Gasteiger partial charge in [-0.2, -0.15) is 13.2 Å². The van der Waals surface area contributed by atoms with Gasteiger partial charge in [0.1, 0.15) is 5.52 Å². The third-order valence-electron chi connectivity index (χ3n) is 4.24. The lowest BCUT2D eigenvalue weighted by Gasteiger charge is -2.07. The molecule has 0 saturated heterocycles. The Morgan fingerprint density at radius 2 is 1.88 bits per heavy atom. The van der Waals surface area contributed by atoms with Crippen LogP contribution in [0.25, 0.3) is 22.6 Å². The molecule has 0 saturated carbocycles. The van der Waals surface area contributed by atoms with Crippen molar-refractivity contribution < 1.29 is 22.4 Å². The van der Waals surface area contributed by atoms with Crippen LogP contribution in [0.5, 0.6) is 0 Å². The van der Waals surface area contributed by atoms with Gasteiger partial charge in [-0.15, -0.1) is 0 Å². The molecule has 0 aliphatic rings. The number of alkyl halides is 3. The lowest BCUT2D eigenvalue weighted by Crippen LogP contribution is -2.29. The summed E-state index contributed by atoms with van der Waals surface area (Å²) in [5.74, 6) is -1.23. The summed E-state index contributed by atoms with van der Waals surface area (Å²) in [5.41, 5.74) is 3.20. The second-order valence-electron chi connectivity index (χ2n) is 6.08. The number of halogens is 3. The van der Waals surface area contributed by atoms with Crippen molar-refractivity contribution in [3.8, 4) is 11.5 Å². The zero-order valence-electron chi connectivity index (χ0n) is 14.2. The summed E-state index contributed by atoms with van der Waals surface area (Å²) in [5, 5.41) is 1.80. The van der Waals surface area contributed by atoms with Crippen molar-refractivity contribution in [1.82, 2.24) is 4.98 Å². The number of benzene rings is 2. The third kappa shape index (κ3) is 3.71. The molecule has 0 bridgehead atoms. The number of nitrogens with zero attached hydrogens (tertiary/aromatic N) is 1. The fourth-order valence-electron chi connectivity index (χ4n) is 2.51. The van der Waals surface area contributed by atoms with Crippen LogP contribution in [-0.4, -0.2) is 17.1 Å². The highest BCUT2D eigenvalue weighted by molar-refractivity contribution is 5.95. The molecule has 2 aromatic carbocycles. The van der Waals surface area contributed by atoms with E-state index in [1.165, 1.54) is 17.7 Å². The molecule has 0 spiro atoms. The first kappa shape index (κ1) is 18.0. The molecule has 1 amide bonds. The summed E-state index contributed by atoms with van der Waals surface area (Å²) in [7, 11) is 0. The Kier molecular flexibility index (Phi) is 4.71. The monoisotopic (exact) mass is 362 g/mol. The standard InChI is InChI=1S/C19H17F3N2O2/c1-3-11(2)13-6-9-16-15(10-13)24-17(26-16)12-4-7-14(8-5-12)23-18(25)19(20,21)22/h4-11H,3H2,1-2H3,(H,23,25)/t11-/m1/s1. The Hall–Kier alpha value is -2.83. The Morgan fingerprint density at radius 3 is 2.50 bits per heavy atom. The first-order valence-corrected chi connectivity index (χ1v) is 8.17. The van der Waals surface area contributed by atoms with Gasteiger partial charge in [0, 0.05) is 11.3 Å². The van der Waals surface area contributed by atoms with Crippen LogP contribution >= 0.6 is 0 Å². The van der Waals surface area contributed by atoms with Crippen molar-refractivity contribution in [2.45, 2.75) is 32.4 Å². The smallest absolute Gasteiger partial charge is 0.436 e. The van der Waals surface area contributed by atoms with Crippen molar-refractivity contribution in [1.29, 1.82) is 0 Å². The first-order chi connectivity index (χ1) is 12.3. The predicted molar refractivity (Wildman–Crippen MR) is 92.8 cm³/mol. The topological polar surface area (TPSA) is 55.1 Å². The maximum absolute atomic E-state index is 12.3. The SMILES string of the molecule is CC[C@@H](C)c1ccc2oc(-c3ccc(NC(=O)C(F)(F)F)cc3)nc2c1. The van der Waals surface area contributed by atoms with Gasteiger partial charge in [-0.25, -0.2) is 4.98 Å². The van der Waals surface area contributed by atoms with Crippen molar-refractivity contribution in [2.75, 3.05) is 5.32 Å². The summed E-state index contributed by atoms with van der Waals surface area (Å²) in [6.07, 6.45) is -3.91. The number of aromatic nitrogens is 1. The van der Waals surface area contributed by atoms with Crippen LogP contribution in [0.15, 0.2) is 46.9 Å². The fourth-order valence-corrected chi connectivity index (χ4v) is 2.51. The molecule has 0 unspecified atom stereocenters. The number of nitrogens with one attached hydrogen (secondary N) is 1. The molecule has 0 aliphatic carbocycles. The van der Waals surface area contributed by atoms with E-state index in [4.69, 9.17) is 4.42 Å². The van der Waals surface area contributed by atoms with Crippen LogP contribution in [0.1, 0.15) is 31.7 Å². The van der Waals surface area contributed by atoms with Gasteiger partial charge < -0.3 is 9.73 Å². The molecule has 136 valence electrons. The molecular weight excluding hydrogens is 345 g/mol. The second-order valence-corrected chi connectivity index (χ2v) is 6.08. The molecule has 1 aromatic heterocycles. The van der Waals surface area contributed by atoms with Gasteiger partial charge in [0.25, 0.3) is 0 Å². The number of fused-ring (bicyclic) bond motifs is 1. The number of hydrogen-bond donors (Lipinski definition) is 1. The van der Waals surface area contributed by atoms with Gasteiger partial charge in [0.05, 0.1) is 0 Å². The average molecular weight is 362 g/mol. The molecule has 1 N–H and O–H groups in total. The number of hydrogen-bond acceptors (Lipinski definition) is 3. The molecule has 1 atom stereocenters. The minimum absolute atomic E-state index is 0.0474. The summed E-state index contributed by atoms with van der Waals surface area (Å²) >= 11 is 0. The zero-order valence-corrected chi connectivity index (χ0v) is 14.2. The van der Waals surface area contributed by atoms with Crippen LogP contribution in [-0.2, 0) is 4.79 Å². The van der Waals surface area contributed by atoms with E-state index in [1.54, 1.807) is 17.4 Å². The van der Waals surface area contributed by atoms with Gasteiger partial charge in [-0.1, -0.05) is 19.9 Å². The number of carbonyl (C=O) groups excluding carboxylic acids is 1. The quantitative estimate of drug-likeness (QED) is 0.666. The minimum atomic E-state index is -4.92. The van der Waals surface area contributed by atoms with Crippen molar-refractivity contribution in [2.24, 2.45) is 0 Å². The highest BCUT2D eigenvalue weighted by atomic mass is 19.4. The molecular formula is C19H17F3N2O2. The second kappa shape index (κ2) is 6.82. The van der Waals surface area contributed by atoms with Crippen molar-refractivity contribution in [3.63, 3.8) is 0 Å². The van der Waals surface area contributed by atoms with Crippen LogP contribution in [0.4, 0.5) is 18.9 Å². The van der Waals surface area contributed by atoms with Crippen molar-refractivity contribution in [3.05, 3.63) is 48.0 Å². The Labute approximate surface area is 148 Å². The molecule has 0 aliphatic heterocycles. The maximum atomic E-state index is 12.3. The van der Waals surface area contributed by atoms with E-state index in [0.717, 1.165) is 11.9 Å². The van der Waals surface area contributed by atoms with Crippen LogP contribution in [0.2, 0.25) is 0 Å². The zero-order chi connectivity index (χ0) is 18.9. The van der Waals surface area contributed by atoms with Crippen LogP contribution in [0.3, 0.4) is 0 Å². The third-order valence-corrected chi connectivity index (χ3v) is 4.24. The number of rotatable bonds is 4. The molecule has 3 rings (SSSR count). The summed E-state index contributed by atoms with van der Waals surface area (Å²) in [6.45, 7) is 4.25. The van der Waals surface area contributed by atoms with Crippen LogP contribution < -0.4 is 5.32 Å². The van der Waals surface area contributed by atoms with E-state index in [1.807, 2.05) is 18.2 Å². The molecule has 7 heteroatoms. The van der Waals surface area contributed by atoms with Gasteiger partial charge in [0.15, 0.2) is 5.58 Å². The fraction of sp³-hybridized carbons (Fsp3) is 0.263. The van der Waals surface area contributed by atoms with Crippen molar-refractivity contribution >= 4 is 22.7 Å². The first-order valence-electron chi connectivity index (χ1n) is 8.17. The average Bonchev–Trinajstić information content (AvgIpc) is 3.04. The molecule has 0 radical (unpaired) electrons. The Balaban J connectivity index is 1.84. The Bertz CT molecular complexity index is 930. The van der Waals surface area contributed by atoms with E-state index < -0.39 is 12.1 Å². The molecule has 26 heavy (non-hydrogen) atoms. The highest BCUT2D eigenvalue weighted by Crippen LogP contribution is 2.28. The summed E-state index contributed by atoms with van der Waals surface area (Å²) in [4.78, 5) is 15.4. The predicted octanol–water partition coefficient (Wildman–Crippen LogP) is 5.51. The van der Waals surface area contributed by atoms with Gasteiger partial charge in [-0.05, 0) is 54.3 Å². The molecule has 0 fully saturated rings. The van der Waals surface area contributed by atoms with E-state index in [-0.39, 0.29) is 5.69 Å². The van der Waals surface area contributed by atoms with E-state index in [2.05, 4.69) is 18.8 Å². The molecule has 1 heterocycles. The molecule has 4 nitrogen and oxygen atoms in total. The summed E-state index contributed by atoms with van der Waals surface area (Å²) < 4.78 is 42.5. The van der Waals surface area contributed by atoms with E-state index in [0.29, 0.717) is 23.0 Å². The van der Waals surface area contributed by atoms with Crippen LogP contribution in [0, 0.1) is 0 Å². The largest absolute Gasteiger partial charge is 0.471 e. The highest BCUT2D eigenvalue weighted by Gasteiger charge is 2.38. The number of carbonyl (C=O) groups is 1. The van der Waals surface area contributed by atoms with Gasteiger partial charge in [-0.3, -0.25) is 4.79 Å². The minimum Gasteiger partial charge on any atom is -0.436 e. The van der Waals surface area contributed by atoms with E-state index >= 15 is 0 Å². The number of oxazole rings is 1. The lowest BCUT2D eigenvalue weighted by molar-refractivity contribution is -0.167. The number of amides is 1. The van der Waals surface area contributed by atoms with E-state index in [9.17, 15) is 18.0 Å². The maximum Gasteiger partial charge on any atom is 0.471 e. The van der Waals surface area contributed by atoms with Gasteiger partial charge in [0.2, 0.25) is 5.89 Å². The molecule has 3 aromatic rings. The summed E-state index contributed by atoms with van der Waals surface area (Å²) in [6, 6.07) is 11.7. The van der Waals surface area contributed by atoms with Gasteiger partial charge >= 0.3 is 12.1 Å². The Morgan fingerprint density at radius 1 is 1.19 bits per heavy atom. The number of anilines is 1. The lowest BCUT2D eigenvalue weighted by atomic mass is 9.98.